The summed E-state index contributed by atoms with van der Waals surface area (Å²) in [5, 5.41) is 4.17. The van der Waals surface area contributed by atoms with Crippen LogP contribution in [0.15, 0.2) is 48.8 Å². The van der Waals surface area contributed by atoms with E-state index >= 15 is 0 Å². The molecule has 2 heterocycles. The first-order valence-corrected chi connectivity index (χ1v) is 8.60. The number of nitrogen functional groups attached to an aromatic ring is 1. The maximum atomic E-state index is 9.40. The third-order valence-electron chi connectivity index (χ3n) is 2.44. The normalized spacial score (nSPS) is 11.0. The molecule has 2 aromatic heterocycles. The van der Waals surface area contributed by atoms with E-state index in [1.54, 1.807) is 10.7 Å². The Morgan fingerprint density at radius 2 is 1.81 bits per heavy atom. The Hall–Kier alpha value is -2.12. The highest BCUT2D eigenvalue weighted by Gasteiger charge is 2.03. The van der Waals surface area contributed by atoms with Crippen LogP contribution in [0.4, 0.5) is 5.69 Å². The Labute approximate surface area is 126 Å². The van der Waals surface area contributed by atoms with Gasteiger partial charge in [-0.2, -0.15) is 5.10 Å². The van der Waals surface area contributed by atoms with Gasteiger partial charge in [-0.15, -0.1) is 0 Å². The summed E-state index contributed by atoms with van der Waals surface area (Å²) in [6.45, 7) is 0. The van der Waals surface area contributed by atoms with E-state index in [2.05, 4.69) is 20.8 Å². The third-order valence-corrected chi connectivity index (χ3v) is 2.44. The first kappa shape index (κ1) is 15.3. The molecule has 0 fully saturated rings. The molecule has 0 unspecified atom stereocenters. The number of anilines is 1. The van der Waals surface area contributed by atoms with Gasteiger partial charge in [0, 0.05) is 28.1 Å². The summed E-state index contributed by atoms with van der Waals surface area (Å²) < 4.78 is 20.6. The summed E-state index contributed by atoms with van der Waals surface area (Å²) in [4.78, 5) is 4.47. The number of fused-ring (bicyclic) bond motifs is 1. The molecule has 0 saturated carbocycles. The topological polar surface area (TPSA) is 90.3 Å². The first-order chi connectivity index (χ1) is 9.83. The minimum absolute atomic E-state index is 0.755. The summed E-state index contributed by atoms with van der Waals surface area (Å²) in [7, 11) is 1.31. The summed E-state index contributed by atoms with van der Waals surface area (Å²) in [6.07, 6.45) is 4.57. The fraction of sp³-hybridized carbons (Fsp3) is 0.0769. The summed E-state index contributed by atoms with van der Waals surface area (Å²) in [5.74, 6) is 0. The number of nitrogens with zero attached hydrogens (tertiary/aromatic N) is 3. The van der Waals surface area contributed by atoms with Gasteiger partial charge in [-0.25, -0.2) is 17.9 Å². The standard InChI is InChI=1S/C12H10N4.CH3ClO2S/c13-10-5-3-9(4-6-10)11-8-16-12(15-11)2-1-7-14-16;1-5(2,3)4/h1-8H,13H2;1H3. The maximum Gasteiger partial charge on any atom is 0.229 e. The number of halogens is 1. The Morgan fingerprint density at radius 3 is 2.38 bits per heavy atom. The third kappa shape index (κ3) is 4.73. The van der Waals surface area contributed by atoms with Crippen molar-refractivity contribution in [2.45, 2.75) is 0 Å². The van der Waals surface area contributed by atoms with Gasteiger partial charge in [-0.1, -0.05) is 12.1 Å². The monoisotopic (exact) mass is 324 g/mol. The van der Waals surface area contributed by atoms with Crippen LogP contribution >= 0.6 is 10.7 Å². The van der Waals surface area contributed by atoms with E-state index < -0.39 is 9.05 Å². The van der Waals surface area contributed by atoms with Crippen molar-refractivity contribution >= 4 is 31.1 Å². The van der Waals surface area contributed by atoms with Gasteiger partial charge in [-0.05, 0) is 24.3 Å². The Bertz CT molecular complexity index is 803. The number of hydrogen-bond donors (Lipinski definition) is 1. The van der Waals surface area contributed by atoms with Crippen molar-refractivity contribution in [3.05, 3.63) is 48.8 Å². The molecule has 1 aromatic carbocycles. The average Bonchev–Trinajstić information content (AvgIpc) is 2.81. The van der Waals surface area contributed by atoms with E-state index in [4.69, 9.17) is 5.73 Å². The highest BCUT2D eigenvalue weighted by molar-refractivity contribution is 8.13. The molecule has 0 saturated heterocycles. The van der Waals surface area contributed by atoms with Crippen LogP contribution in [-0.2, 0) is 9.05 Å². The van der Waals surface area contributed by atoms with E-state index in [1.165, 1.54) is 0 Å². The molecule has 3 rings (SSSR count). The van der Waals surface area contributed by atoms with Gasteiger partial charge >= 0.3 is 0 Å². The quantitative estimate of drug-likeness (QED) is 0.547. The zero-order chi connectivity index (χ0) is 15.5. The van der Waals surface area contributed by atoms with E-state index in [9.17, 15) is 8.42 Å². The molecule has 0 radical (unpaired) electrons. The molecule has 0 aliphatic rings. The smallest absolute Gasteiger partial charge is 0.229 e. The Morgan fingerprint density at radius 1 is 1.19 bits per heavy atom. The zero-order valence-electron chi connectivity index (χ0n) is 11.1. The lowest BCUT2D eigenvalue weighted by Crippen LogP contribution is -1.85. The number of aromatic nitrogens is 3. The Kier molecular flexibility index (Phi) is 4.44. The minimum Gasteiger partial charge on any atom is -0.399 e. The zero-order valence-corrected chi connectivity index (χ0v) is 12.7. The number of rotatable bonds is 1. The van der Waals surface area contributed by atoms with Gasteiger partial charge in [-0.3, -0.25) is 0 Å². The van der Waals surface area contributed by atoms with Crippen LogP contribution in [0.2, 0.25) is 0 Å². The van der Waals surface area contributed by atoms with E-state index in [0.717, 1.165) is 28.8 Å². The lowest BCUT2D eigenvalue weighted by atomic mass is 10.1. The van der Waals surface area contributed by atoms with Crippen molar-refractivity contribution in [2.75, 3.05) is 12.0 Å². The second kappa shape index (κ2) is 6.11. The molecule has 0 aliphatic carbocycles. The van der Waals surface area contributed by atoms with Crippen molar-refractivity contribution in [3.8, 4) is 11.3 Å². The molecule has 2 N–H and O–H groups in total. The van der Waals surface area contributed by atoms with Crippen LogP contribution in [0.3, 0.4) is 0 Å². The first-order valence-electron chi connectivity index (χ1n) is 5.89. The molecule has 8 heteroatoms. The minimum atomic E-state index is -3.19. The number of hydrogen-bond acceptors (Lipinski definition) is 5. The second-order valence-electron chi connectivity index (χ2n) is 4.26. The number of nitrogens with two attached hydrogens (primary N) is 1. The molecule has 110 valence electrons. The summed E-state index contributed by atoms with van der Waals surface area (Å²) in [5.41, 5.74) is 9.18. The van der Waals surface area contributed by atoms with Gasteiger partial charge in [0.15, 0.2) is 5.65 Å². The van der Waals surface area contributed by atoms with E-state index in [-0.39, 0.29) is 0 Å². The molecule has 21 heavy (non-hydrogen) atoms. The highest BCUT2D eigenvalue weighted by Crippen LogP contribution is 2.19. The lowest BCUT2D eigenvalue weighted by Gasteiger charge is -1.95. The van der Waals surface area contributed by atoms with Crippen LogP contribution < -0.4 is 5.73 Å². The fourth-order valence-corrected chi connectivity index (χ4v) is 1.62. The molecule has 0 atom stereocenters. The summed E-state index contributed by atoms with van der Waals surface area (Å²) >= 11 is 0. The van der Waals surface area contributed by atoms with E-state index in [1.807, 2.05) is 42.6 Å². The molecule has 0 aliphatic heterocycles. The predicted octanol–water partition coefficient (Wildman–Crippen LogP) is 2.16. The molecule has 0 amide bonds. The van der Waals surface area contributed by atoms with Crippen LogP contribution in [0.1, 0.15) is 0 Å². The summed E-state index contributed by atoms with van der Waals surface area (Å²) in [6, 6.07) is 11.4. The number of imidazole rings is 1. The highest BCUT2D eigenvalue weighted by atomic mass is 35.7. The fourth-order valence-electron chi connectivity index (χ4n) is 1.62. The van der Waals surface area contributed by atoms with Gasteiger partial charge in [0.2, 0.25) is 9.05 Å². The largest absolute Gasteiger partial charge is 0.399 e. The van der Waals surface area contributed by atoms with Gasteiger partial charge in [0.05, 0.1) is 18.1 Å². The molecular weight excluding hydrogens is 312 g/mol. The van der Waals surface area contributed by atoms with Crippen molar-refractivity contribution < 1.29 is 8.42 Å². The maximum absolute atomic E-state index is 9.40. The van der Waals surface area contributed by atoms with Crippen LogP contribution in [-0.4, -0.2) is 29.3 Å². The average molecular weight is 325 g/mol. The molecule has 0 bridgehead atoms. The van der Waals surface area contributed by atoms with Gasteiger partial charge in [0.1, 0.15) is 0 Å². The lowest BCUT2D eigenvalue weighted by molar-refractivity contribution is 0.615. The second-order valence-corrected chi connectivity index (χ2v) is 7.30. The van der Waals surface area contributed by atoms with Gasteiger partial charge < -0.3 is 5.73 Å². The van der Waals surface area contributed by atoms with E-state index in [0.29, 0.717) is 0 Å². The molecular formula is C13H13ClN4O2S. The van der Waals surface area contributed by atoms with Crippen molar-refractivity contribution in [1.82, 2.24) is 14.6 Å². The molecule has 6 nitrogen and oxygen atoms in total. The van der Waals surface area contributed by atoms with Gasteiger partial charge in [0.25, 0.3) is 0 Å². The van der Waals surface area contributed by atoms with Crippen LogP contribution in [0.25, 0.3) is 16.9 Å². The van der Waals surface area contributed by atoms with Crippen molar-refractivity contribution in [1.29, 1.82) is 0 Å². The molecule has 0 spiro atoms. The van der Waals surface area contributed by atoms with Crippen LogP contribution in [0.5, 0.6) is 0 Å². The SMILES string of the molecule is CS(=O)(=O)Cl.Nc1ccc(-c2cn3ncccc3n2)cc1. The van der Waals surface area contributed by atoms with Crippen LogP contribution in [0, 0.1) is 0 Å². The molecule has 3 aromatic rings. The van der Waals surface area contributed by atoms with Crippen molar-refractivity contribution in [3.63, 3.8) is 0 Å². The number of benzene rings is 1. The predicted molar refractivity (Wildman–Crippen MR) is 83.5 cm³/mol. The van der Waals surface area contributed by atoms with Crippen molar-refractivity contribution in [2.24, 2.45) is 0 Å². The Balaban J connectivity index is 0.000000282.